The predicted molar refractivity (Wildman–Crippen MR) is 87.1 cm³/mol. The SMILES string of the molecule is C=C[C@H](OCC(C)C)c1ccc(OCC(C)C)c(OC)c1. The molecule has 118 valence electrons. The second-order valence-electron chi connectivity index (χ2n) is 6.00. The molecule has 0 bridgehead atoms. The van der Waals surface area contributed by atoms with Crippen LogP contribution >= 0.6 is 0 Å². The van der Waals surface area contributed by atoms with Gasteiger partial charge in [0, 0.05) is 0 Å². The molecule has 0 radical (unpaired) electrons. The summed E-state index contributed by atoms with van der Waals surface area (Å²) in [6.07, 6.45) is 1.69. The first-order chi connectivity index (χ1) is 9.97. The largest absolute Gasteiger partial charge is 0.493 e. The van der Waals surface area contributed by atoms with Crippen LogP contribution in [0, 0.1) is 11.8 Å². The minimum atomic E-state index is -0.125. The molecule has 0 aliphatic heterocycles. The normalized spacial score (nSPS) is 12.5. The third kappa shape index (κ3) is 5.80. The summed E-state index contributed by atoms with van der Waals surface area (Å²) in [7, 11) is 1.65. The molecule has 0 spiro atoms. The third-order valence-electron chi connectivity index (χ3n) is 2.91. The topological polar surface area (TPSA) is 27.7 Å². The van der Waals surface area contributed by atoms with Gasteiger partial charge in [-0.1, -0.05) is 39.8 Å². The molecule has 0 fully saturated rings. The second-order valence-corrected chi connectivity index (χ2v) is 6.00. The van der Waals surface area contributed by atoms with Gasteiger partial charge in [-0.15, -0.1) is 6.58 Å². The minimum absolute atomic E-state index is 0.125. The lowest BCUT2D eigenvalue weighted by atomic mass is 10.1. The Morgan fingerprint density at radius 3 is 2.24 bits per heavy atom. The first-order valence-electron chi connectivity index (χ1n) is 7.52. The fourth-order valence-electron chi connectivity index (χ4n) is 1.83. The summed E-state index contributed by atoms with van der Waals surface area (Å²) in [5.41, 5.74) is 1.03. The van der Waals surface area contributed by atoms with Crippen LogP contribution in [0.15, 0.2) is 30.9 Å². The average Bonchev–Trinajstić information content (AvgIpc) is 2.45. The number of ether oxygens (including phenoxy) is 3. The summed E-state index contributed by atoms with van der Waals surface area (Å²) >= 11 is 0. The molecule has 0 aromatic heterocycles. The number of methoxy groups -OCH3 is 1. The van der Waals surface area contributed by atoms with Gasteiger partial charge in [-0.25, -0.2) is 0 Å². The van der Waals surface area contributed by atoms with Crippen LogP contribution in [0.3, 0.4) is 0 Å². The molecule has 3 nitrogen and oxygen atoms in total. The number of benzene rings is 1. The van der Waals surface area contributed by atoms with Crippen molar-refractivity contribution in [2.24, 2.45) is 11.8 Å². The van der Waals surface area contributed by atoms with Gasteiger partial charge in [-0.2, -0.15) is 0 Å². The Morgan fingerprint density at radius 1 is 1.05 bits per heavy atom. The van der Waals surface area contributed by atoms with Gasteiger partial charge in [0.25, 0.3) is 0 Å². The Kier molecular flexibility index (Phi) is 7.30. The number of rotatable bonds is 9. The summed E-state index contributed by atoms with van der Waals surface area (Å²) in [5, 5.41) is 0. The van der Waals surface area contributed by atoms with E-state index in [9.17, 15) is 0 Å². The average molecular weight is 292 g/mol. The van der Waals surface area contributed by atoms with Gasteiger partial charge in [-0.05, 0) is 29.5 Å². The van der Waals surface area contributed by atoms with Crippen LogP contribution in [0.1, 0.15) is 39.4 Å². The van der Waals surface area contributed by atoms with Crippen molar-refractivity contribution in [3.8, 4) is 11.5 Å². The van der Waals surface area contributed by atoms with Gasteiger partial charge in [-0.3, -0.25) is 0 Å². The quantitative estimate of drug-likeness (QED) is 0.621. The summed E-state index contributed by atoms with van der Waals surface area (Å²) in [6.45, 7) is 13.7. The van der Waals surface area contributed by atoms with E-state index in [0.29, 0.717) is 25.0 Å². The number of hydrogen-bond acceptors (Lipinski definition) is 3. The van der Waals surface area contributed by atoms with E-state index < -0.39 is 0 Å². The zero-order chi connectivity index (χ0) is 15.8. The maximum atomic E-state index is 5.86. The zero-order valence-electron chi connectivity index (χ0n) is 13.9. The van der Waals surface area contributed by atoms with E-state index in [1.165, 1.54) is 0 Å². The maximum absolute atomic E-state index is 5.86. The van der Waals surface area contributed by atoms with Crippen LogP contribution in [-0.2, 0) is 4.74 Å². The Hall–Kier alpha value is -1.48. The highest BCUT2D eigenvalue weighted by molar-refractivity contribution is 5.44. The Bertz CT molecular complexity index is 438. The molecule has 0 heterocycles. The van der Waals surface area contributed by atoms with Gasteiger partial charge < -0.3 is 14.2 Å². The molecule has 1 aromatic rings. The van der Waals surface area contributed by atoms with Crippen LogP contribution in [-0.4, -0.2) is 20.3 Å². The molecule has 1 aromatic carbocycles. The second kappa shape index (κ2) is 8.73. The molecule has 0 saturated carbocycles. The molecular formula is C18H28O3. The highest BCUT2D eigenvalue weighted by Gasteiger charge is 2.13. The highest BCUT2D eigenvalue weighted by Crippen LogP contribution is 2.32. The monoisotopic (exact) mass is 292 g/mol. The van der Waals surface area contributed by atoms with Gasteiger partial charge >= 0.3 is 0 Å². The maximum Gasteiger partial charge on any atom is 0.161 e. The molecule has 0 amide bonds. The fraction of sp³-hybridized carbons (Fsp3) is 0.556. The molecule has 1 atom stereocenters. The molecule has 0 aliphatic rings. The third-order valence-corrected chi connectivity index (χ3v) is 2.91. The molecule has 0 saturated heterocycles. The van der Waals surface area contributed by atoms with E-state index in [-0.39, 0.29) is 6.10 Å². The molecule has 0 aliphatic carbocycles. The van der Waals surface area contributed by atoms with E-state index in [1.54, 1.807) is 7.11 Å². The zero-order valence-corrected chi connectivity index (χ0v) is 13.9. The molecule has 21 heavy (non-hydrogen) atoms. The van der Waals surface area contributed by atoms with E-state index >= 15 is 0 Å². The lowest BCUT2D eigenvalue weighted by Crippen LogP contribution is -2.08. The Balaban J connectivity index is 2.86. The molecule has 0 unspecified atom stereocenters. The summed E-state index contributed by atoms with van der Waals surface area (Å²) in [6, 6.07) is 5.90. The lowest BCUT2D eigenvalue weighted by molar-refractivity contribution is 0.0649. The van der Waals surface area contributed by atoms with Gasteiger partial charge in [0.05, 0.1) is 20.3 Å². The van der Waals surface area contributed by atoms with Crippen molar-refractivity contribution in [3.05, 3.63) is 36.4 Å². The highest BCUT2D eigenvalue weighted by atomic mass is 16.5. The first-order valence-corrected chi connectivity index (χ1v) is 7.52. The van der Waals surface area contributed by atoms with Crippen molar-refractivity contribution in [3.63, 3.8) is 0 Å². The molecule has 0 N–H and O–H groups in total. The summed E-state index contributed by atoms with van der Waals surface area (Å²) < 4.78 is 17.0. The Morgan fingerprint density at radius 2 is 1.71 bits per heavy atom. The Labute approximate surface area is 128 Å². The van der Waals surface area contributed by atoms with Gasteiger partial charge in [0.2, 0.25) is 0 Å². The number of hydrogen-bond donors (Lipinski definition) is 0. The van der Waals surface area contributed by atoms with Crippen LogP contribution in [0.25, 0.3) is 0 Å². The smallest absolute Gasteiger partial charge is 0.161 e. The standard InChI is InChI=1S/C18H28O3/c1-7-16(20-11-13(2)3)15-8-9-17(18(10-15)19-6)21-12-14(4)5/h7-10,13-14,16H,1,11-12H2,2-6H3/t16-/m0/s1. The van der Waals surface area contributed by atoms with Crippen molar-refractivity contribution in [1.29, 1.82) is 0 Å². The van der Waals surface area contributed by atoms with Gasteiger partial charge in [0.15, 0.2) is 11.5 Å². The minimum Gasteiger partial charge on any atom is -0.493 e. The van der Waals surface area contributed by atoms with Gasteiger partial charge in [0.1, 0.15) is 6.10 Å². The predicted octanol–water partition coefficient (Wildman–Crippen LogP) is 4.63. The van der Waals surface area contributed by atoms with Crippen LogP contribution in [0.4, 0.5) is 0 Å². The van der Waals surface area contributed by atoms with Crippen LogP contribution in [0.2, 0.25) is 0 Å². The van der Waals surface area contributed by atoms with E-state index in [1.807, 2.05) is 24.3 Å². The van der Waals surface area contributed by atoms with Crippen molar-refractivity contribution >= 4 is 0 Å². The fourth-order valence-corrected chi connectivity index (χ4v) is 1.83. The van der Waals surface area contributed by atoms with E-state index in [2.05, 4.69) is 34.3 Å². The summed E-state index contributed by atoms with van der Waals surface area (Å²) in [5.74, 6) is 2.46. The van der Waals surface area contributed by atoms with E-state index in [4.69, 9.17) is 14.2 Å². The summed E-state index contributed by atoms with van der Waals surface area (Å²) in [4.78, 5) is 0. The van der Waals surface area contributed by atoms with Crippen LogP contribution in [0.5, 0.6) is 11.5 Å². The molecular weight excluding hydrogens is 264 g/mol. The molecule has 3 heteroatoms. The lowest BCUT2D eigenvalue weighted by Gasteiger charge is -2.18. The first kappa shape index (κ1) is 17.6. The van der Waals surface area contributed by atoms with Crippen LogP contribution < -0.4 is 9.47 Å². The van der Waals surface area contributed by atoms with Crippen molar-refractivity contribution in [1.82, 2.24) is 0 Å². The van der Waals surface area contributed by atoms with Crippen molar-refractivity contribution in [2.45, 2.75) is 33.8 Å². The molecule has 1 rings (SSSR count). The van der Waals surface area contributed by atoms with Crippen molar-refractivity contribution < 1.29 is 14.2 Å². The van der Waals surface area contributed by atoms with Crippen molar-refractivity contribution in [2.75, 3.05) is 20.3 Å². The van der Waals surface area contributed by atoms with E-state index in [0.717, 1.165) is 17.1 Å².